The maximum atomic E-state index is 11.7. The molecule has 0 radical (unpaired) electrons. The Balaban J connectivity index is 1.67. The van der Waals surface area contributed by atoms with Crippen molar-refractivity contribution >= 4 is 6.09 Å². The molecule has 0 aromatic heterocycles. The van der Waals surface area contributed by atoms with Gasteiger partial charge >= 0.3 is 6.09 Å². The van der Waals surface area contributed by atoms with E-state index in [4.69, 9.17) is 10.5 Å². The van der Waals surface area contributed by atoms with Gasteiger partial charge in [0.05, 0.1) is 0 Å². The fourth-order valence-corrected chi connectivity index (χ4v) is 2.47. The van der Waals surface area contributed by atoms with Crippen molar-refractivity contribution in [2.45, 2.75) is 38.3 Å². The van der Waals surface area contributed by atoms with Gasteiger partial charge < -0.3 is 15.8 Å². The summed E-state index contributed by atoms with van der Waals surface area (Å²) in [6.45, 7) is 1.08. The SMILES string of the molecule is NCC1CCC(NC(=O)OCc2ccccc2)CC1. The number of hydrogen-bond acceptors (Lipinski definition) is 3. The number of benzene rings is 1. The Kier molecular flexibility index (Phi) is 5.21. The van der Waals surface area contributed by atoms with Gasteiger partial charge in [0.2, 0.25) is 0 Å². The topological polar surface area (TPSA) is 64.3 Å². The van der Waals surface area contributed by atoms with Gasteiger partial charge in [-0.2, -0.15) is 0 Å². The van der Waals surface area contributed by atoms with E-state index in [-0.39, 0.29) is 12.1 Å². The summed E-state index contributed by atoms with van der Waals surface area (Å²) in [6, 6.07) is 9.94. The molecule has 4 heteroatoms. The summed E-state index contributed by atoms with van der Waals surface area (Å²) in [5.41, 5.74) is 6.65. The summed E-state index contributed by atoms with van der Waals surface area (Å²) in [7, 11) is 0. The van der Waals surface area contributed by atoms with Crippen molar-refractivity contribution in [3.05, 3.63) is 35.9 Å². The summed E-state index contributed by atoms with van der Waals surface area (Å²) >= 11 is 0. The van der Waals surface area contributed by atoms with Crippen molar-refractivity contribution in [2.24, 2.45) is 11.7 Å². The lowest BCUT2D eigenvalue weighted by Gasteiger charge is -2.27. The van der Waals surface area contributed by atoms with E-state index in [1.165, 1.54) is 0 Å². The molecule has 19 heavy (non-hydrogen) atoms. The van der Waals surface area contributed by atoms with Gasteiger partial charge in [0.25, 0.3) is 0 Å². The number of carbonyl (C=O) groups is 1. The Labute approximate surface area is 114 Å². The normalized spacial score (nSPS) is 22.8. The summed E-state index contributed by atoms with van der Waals surface area (Å²) in [6.07, 6.45) is 3.88. The van der Waals surface area contributed by atoms with Gasteiger partial charge in [-0.1, -0.05) is 30.3 Å². The van der Waals surface area contributed by atoms with E-state index in [1.807, 2.05) is 30.3 Å². The molecule has 1 aromatic rings. The molecule has 0 bridgehead atoms. The van der Waals surface area contributed by atoms with Crippen LogP contribution in [-0.2, 0) is 11.3 Å². The third kappa shape index (κ3) is 4.56. The number of alkyl carbamates (subject to hydrolysis) is 1. The molecule has 0 spiro atoms. The second kappa shape index (κ2) is 7.14. The molecule has 0 unspecified atom stereocenters. The van der Waals surface area contributed by atoms with Crippen LogP contribution in [0.4, 0.5) is 4.79 Å². The molecule has 0 atom stereocenters. The first-order valence-corrected chi connectivity index (χ1v) is 6.95. The number of rotatable bonds is 4. The Bertz CT molecular complexity index is 386. The molecular formula is C15H22N2O2. The lowest BCUT2D eigenvalue weighted by Crippen LogP contribution is -2.38. The Morgan fingerprint density at radius 3 is 2.53 bits per heavy atom. The van der Waals surface area contributed by atoms with Crippen LogP contribution in [0.5, 0.6) is 0 Å². The van der Waals surface area contributed by atoms with Crippen LogP contribution < -0.4 is 11.1 Å². The average Bonchev–Trinajstić information content (AvgIpc) is 2.47. The second-order valence-corrected chi connectivity index (χ2v) is 5.16. The lowest BCUT2D eigenvalue weighted by atomic mass is 9.86. The molecule has 0 saturated heterocycles. The maximum absolute atomic E-state index is 11.7. The molecule has 1 aromatic carbocycles. The van der Waals surface area contributed by atoms with E-state index in [9.17, 15) is 4.79 Å². The van der Waals surface area contributed by atoms with Crippen LogP contribution in [-0.4, -0.2) is 18.7 Å². The fraction of sp³-hybridized carbons (Fsp3) is 0.533. The lowest BCUT2D eigenvalue weighted by molar-refractivity contribution is 0.131. The van der Waals surface area contributed by atoms with E-state index in [0.717, 1.165) is 37.8 Å². The summed E-state index contributed by atoms with van der Waals surface area (Å²) in [5, 5.41) is 2.93. The zero-order chi connectivity index (χ0) is 13.5. The Hall–Kier alpha value is -1.55. The number of nitrogens with two attached hydrogens (primary N) is 1. The van der Waals surface area contributed by atoms with Crippen molar-refractivity contribution < 1.29 is 9.53 Å². The number of ether oxygens (including phenoxy) is 1. The summed E-state index contributed by atoms with van der Waals surface area (Å²) in [4.78, 5) is 11.7. The van der Waals surface area contributed by atoms with E-state index < -0.39 is 0 Å². The molecule has 2 rings (SSSR count). The Morgan fingerprint density at radius 2 is 1.89 bits per heavy atom. The van der Waals surface area contributed by atoms with E-state index >= 15 is 0 Å². The summed E-state index contributed by atoms with van der Waals surface area (Å²) < 4.78 is 5.21. The van der Waals surface area contributed by atoms with Gasteiger partial charge in [0, 0.05) is 6.04 Å². The smallest absolute Gasteiger partial charge is 0.407 e. The predicted octanol–water partition coefficient (Wildman–Crippen LogP) is 2.43. The monoisotopic (exact) mass is 262 g/mol. The second-order valence-electron chi connectivity index (χ2n) is 5.16. The highest BCUT2D eigenvalue weighted by Crippen LogP contribution is 2.23. The third-order valence-electron chi connectivity index (χ3n) is 3.71. The summed E-state index contributed by atoms with van der Waals surface area (Å²) in [5.74, 6) is 0.624. The molecule has 1 amide bonds. The number of amides is 1. The largest absolute Gasteiger partial charge is 0.445 e. The molecule has 3 N–H and O–H groups in total. The van der Waals surface area contributed by atoms with Gasteiger partial charge in [-0.05, 0) is 43.7 Å². The molecule has 0 aliphatic heterocycles. The molecule has 1 saturated carbocycles. The van der Waals surface area contributed by atoms with Crippen LogP contribution >= 0.6 is 0 Å². The molecule has 104 valence electrons. The number of carbonyl (C=O) groups excluding carboxylic acids is 1. The van der Waals surface area contributed by atoms with Crippen LogP contribution in [0.2, 0.25) is 0 Å². The minimum absolute atomic E-state index is 0.242. The third-order valence-corrected chi connectivity index (χ3v) is 3.71. The first kappa shape index (κ1) is 13.9. The zero-order valence-electron chi connectivity index (χ0n) is 11.2. The highest BCUT2D eigenvalue weighted by Gasteiger charge is 2.21. The number of nitrogens with one attached hydrogen (secondary N) is 1. The quantitative estimate of drug-likeness (QED) is 0.876. The first-order valence-electron chi connectivity index (χ1n) is 6.95. The van der Waals surface area contributed by atoms with Gasteiger partial charge in [0.1, 0.15) is 6.61 Å². The van der Waals surface area contributed by atoms with Gasteiger partial charge in [-0.15, -0.1) is 0 Å². The molecule has 4 nitrogen and oxygen atoms in total. The molecule has 1 aliphatic carbocycles. The van der Waals surface area contributed by atoms with Crippen LogP contribution in [0.3, 0.4) is 0 Å². The minimum Gasteiger partial charge on any atom is -0.445 e. The predicted molar refractivity (Wildman–Crippen MR) is 74.6 cm³/mol. The van der Waals surface area contributed by atoms with Crippen molar-refractivity contribution in [1.82, 2.24) is 5.32 Å². The van der Waals surface area contributed by atoms with Gasteiger partial charge in [0.15, 0.2) is 0 Å². The molecule has 1 fully saturated rings. The van der Waals surface area contributed by atoms with Gasteiger partial charge in [-0.25, -0.2) is 4.79 Å². The van der Waals surface area contributed by atoms with Crippen LogP contribution in [0.1, 0.15) is 31.2 Å². The molecule has 1 aliphatic rings. The standard InChI is InChI=1S/C15H22N2O2/c16-10-12-6-8-14(9-7-12)17-15(18)19-11-13-4-2-1-3-5-13/h1-5,12,14H,6-11,16H2,(H,17,18). The zero-order valence-corrected chi connectivity index (χ0v) is 11.2. The van der Waals surface area contributed by atoms with Crippen LogP contribution in [0, 0.1) is 5.92 Å². The highest BCUT2D eigenvalue weighted by atomic mass is 16.5. The fourth-order valence-electron chi connectivity index (χ4n) is 2.47. The van der Waals surface area contributed by atoms with Crippen molar-refractivity contribution in [2.75, 3.05) is 6.54 Å². The maximum Gasteiger partial charge on any atom is 0.407 e. The highest BCUT2D eigenvalue weighted by molar-refractivity contribution is 5.67. The average molecular weight is 262 g/mol. The molecule has 0 heterocycles. The van der Waals surface area contributed by atoms with Crippen molar-refractivity contribution in [1.29, 1.82) is 0 Å². The van der Waals surface area contributed by atoms with Gasteiger partial charge in [-0.3, -0.25) is 0 Å². The van der Waals surface area contributed by atoms with Crippen molar-refractivity contribution in [3.63, 3.8) is 0 Å². The Morgan fingerprint density at radius 1 is 1.21 bits per heavy atom. The van der Waals surface area contributed by atoms with E-state index in [1.54, 1.807) is 0 Å². The number of hydrogen-bond donors (Lipinski definition) is 2. The van der Waals surface area contributed by atoms with E-state index in [2.05, 4.69) is 5.32 Å². The first-order chi connectivity index (χ1) is 9.28. The van der Waals surface area contributed by atoms with Crippen LogP contribution in [0.15, 0.2) is 30.3 Å². The van der Waals surface area contributed by atoms with Crippen molar-refractivity contribution in [3.8, 4) is 0 Å². The van der Waals surface area contributed by atoms with Crippen LogP contribution in [0.25, 0.3) is 0 Å². The van der Waals surface area contributed by atoms with E-state index in [0.29, 0.717) is 12.5 Å². The minimum atomic E-state index is -0.319. The molecular weight excluding hydrogens is 240 g/mol.